The first-order chi connectivity index (χ1) is 13.4. The lowest BCUT2D eigenvalue weighted by molar-refractivity contribution is 0.0620. The first-order valence-corrected chi connectivity index (χ1v) is 11.7. The number of carbonyl (C=O) groups is 1. The summed E-state index contributed by atoms with van der Waals surface area (Å²) in [5.74, 6) is 0.580. The van der Waals surface area contributed by atoms with Gasteiger partial charge in [-0.05, 0) is 80.4 Å². The van der Waals surface area contributed by atoms with Crippen LogP contribution >= 0.6 is 11.8 Å². The quantitative estimate of drug-likeness (QED) is 0.779. The van der Waals surface area contributed by atoms with Gasteiger partial charge in [0.05, 0.1) is 4.90 Å². The van der Waals surface area contributed by atoms with Crippen LogP contribution in [0.2, 0.25) is 0 Å². The van der Waals surface area contributed by atoms with E-state index < -0.39 is 10.0 Å². The molecule has 3 aliphatic heterocycles. The maximum atomic E-state index is 12.6. The van der Waals surface area contributed by atoms with E-state index in [2.05, 4.69) is 10.2 Å². The van der Waals surface area contributed by atoms with Gasteiger partial charge in [0.2, 0.25) is 10.0 Å². The Balaban J connectivity index is 1.37. The second-order valence-corrected chi connectivity index (χ2v) is 10.1. The van der Waals surface area contributed by atoms with Crippen LogP contribution < -0.4 is 10.5 Å². The molecule has 0 aromatic heterocycles. The zero-order valence-corrected chi connectivity index (χ0v) is 17.0. The Kier molecular flexibility index (Phi) is 5.46. The minimum atomic E-state index is -3.68. The molecule has 8 heteroatoms. The second kappa shape index (κ2) is 7.87. The number of rotatable bonds is 5. The summed E-state index contributed by atoms with van der Waals surface area (Å²) in [5, 5.41) is 8.32. The number of fused-ring (bicyclic) bond motifs is 3. The van der Waals surface area contributed by atoms with Crippen molar-refractivity contribution in [1.29, 1.82) is 0 Å². The zero-order chi connectivity index (χ0) is 19.7. The van der Waals surface area contributed by atoms with Gasteiger partial charge in [-0.2, -0.15) is 0 Å². The largest absolute Gasteiger partial charge is 0.348 e. The molecule has 3 saturated heterocycles. The molecule has 3 aliphatic rings. The predicted octanol–water partition coefficient (Wildman–Crippen LogP) is 2.31. The van der Waals surface area contributed by atoms with Crippen molar-refractivity contribution in [2.24, 2.45) is 11.1 Å². The van der Waals surface area contributed by atoms with Gasteiger partial charge >= 0.3 is 0 Å². The molecule has 3 fully saturated rings. The molecule has 3 N–H and O–H groups in total. The number of hydrogen-bond acceptors (Lipinski definition) is 5. The van der Waals surface area contributed by atoms with Crippen LogP contribution in [0.3, 0.4) is 0 Å². The average Bonchev–Trinajstić information content (AvgIpc) is 2.69. The van der Waals surface area contributed by atoms with E-state index in [9.17, 15) is 13.2 Å². The Hall–Kier alpha value is -1.87. The molecule has 1 amide bonds. The molecule has 1 atom stereocenters. The number of hydrogen-bond donors (Lipinski definition) is 2. The second-order valence-electron chi connectivity index (χ2n) is 7.36. The molecule has 0 saturated carbocycles. The third kappa shape index (κ3) is 4.41. The third-order valence-corrected chi connectivity index (χ3v) is 7.42. The molecule has 2 aromatic rings. The van der Waals surface area contributed by atoms with Crippen molar-refractivity contribution >= 4 is 27.7 Å². The van der Waals surface area contributed by atoms with Crippen molar-refractivity contribution in [3.05, 3.63) is 54.1 Å². The van der Waals surface area contributed by atoms with Crippen LogP contribution in [-0.4, -0.2) is 44.9 Å². The first-order valence-electron chi connectivity index (χ1n) is 9.32. The van der Waals surface area contributed by atoms with Crippen molar-refractivity contribution in [2.75, 3.05) is 19.6 Å². The van der Waals surface area contributed by atoms with Crippen molar-refractivity contribution in [3.8, 4) is 0 Å². The molecule has 148 valence electrons. The summed E-state index contributed by atoms with van der Waals surface area (Å²) in [6.45, 7) is 3.27. The van der Waals surface area contributed by atoms with E-state index in [0.717, 1.165) is 29.4 Å². The highest BCUT2D eigenvalue weighted by molar-refractivity contribution is 7.99. The Morgan fingerprint density at radius 1 is 1.00 bits per heavy atom. The van der Waals surface area contributed by atoms with E-state index >= 15 is 0 Å². The van der Waals surface area contributed by atoms with E-state index in [0.29, 0.717) is 11.5 Å². The fraction of sp³-hybridized carbons (Fsp3) is 0.350. The number of nitrogens with two attached hydrogens (primary N) is 1. The summed E-state index contributed by atoms with van der Waals surface area (Å²) in [6.07, 6.45) is 2.34. The lowest BCUT2D eigenvalue weighted by atomic mass is 9.84. The topological polar surface area (TPSA) is 92.5 Å². The summed E-state index contributed by atoms with van der Waals surface area (Å²) in [7, 11) is -3.68. The van der Waals surface area contributed by atoms with E-state index in [4.69, 9.17) is 5.14 Å². The van der Waals surface area contributed by atoms with Crippen LogP contribution in [-0.2, 0) is 10.0 Å². The monoisotopic (exact) mass is 417 g/mol. The number of benzene rings is 2. The molecule has 2 bridgehead atoms. The summed E-state index contributed by atoms with van der Waals surface area (Å²) >= 11 is 1.50. The maximum absolute atomic E-state index is 12.6. The van der Waals surface area contributed by atoms with Gasteiger partial charge in [0, 0.05) is 27.9 Å². The highest BCUT2D eigenvalue weighted by Gasteiger charge is 2.34. The molecule has 3 heterocycles. The van der Waals surface area contributed by atoms with E-state index in [1.807, 2.05) is 24.3 Å². The normalized spacial score (nSPS) is 24.1. The SMILES string of the molecule is NS(=O)(=O)c1ccc(Sc2ccc(C(=O)NC3CN4CCC3CC4)cc2)cc1. The van der Waals surface area contributed by atoms with Gasteiger partial charge in [0.1, 0.15) is 0 Å². The molecular formula is C20H23N3O3S2. The Labute approximate surface area is 169 Å². The van der Waals surface area contributed by atoms with Crippen LogP contribution in [0.25, 0.3) is 0 Å². The van der Waals surface area contributed by atoms with E-state index in [1.165, 1.54) is 36.7 Å². The molecule has 0 spiro atoms. The highest BCUT2D eigenvalue weighted by Crippen LogP contribution is 2.29. The van der Waals surface area contributed by atoms with Crippen LogP contribution in [0.15, 0.2) is 63.2 Å². The van der Waals surface area contributed by atoms with Crippen molar-refractivity contribution < 1.29 is 13.2 Å². The van der Waals surface area contributed by atoms with Gasteiger partial charge in [0.25, 0.3) is 5.91 Å². The number of nitrogens with zero attached hydrogens (tertiary/aromatic N) is 1. The molecule has 0 radical (unpaired) electrons. The molecule has 0 aliphatic carbocycles. The number of carbonyl (C=O) groups excluding carboxylic acids is 1. The average molecular weight is 418 g/mol. The summed E-state index contributed by atoms with van der Waals surface area (Å²) < 4.78 is 22.6. The third-order valence-electron chi connectivity index (χ3n) is 5.48. The van der Waals surface area contributed by atoms with Crippen LogP contribution in [0, 0.1) is 5.92 Å². The lowest BCUT2D eigenvalue weighted by Crippen LogP contribution is -2.57. The Morgan fingerprint density at radius 3 is 2.07 bits per heavy atom. The number of amides is 1. The van der Waals surface area contributed by atoms with Crippen LogP contribution in [0.4, 0.5) is 0 Å². The maximum Gasteiger partial charge on any atom is 0.251 e. The number of piperidine rings is 3. The predicted molar refractivity (Wildman–Crippen MR) is 109 cm³/mol. The summed E-state index contributed by atoms with van der Waals surface area (Å²) in [6, 6.07) is 14.2. The number of nitrogens with one attached hydrogen (secondary N) is 1. The lowest BCUT2D eigenvalue weighted by Gasteiger charge is -2.44. The molecule has 1 unspecified atom stereocenters. The fourth-order valence-electron chi connectivity index (χ4n) is 3.89. The summed E-state index contributed by atoms with van der Waals surface area (Å²) in [4.78, 5) is 17.0. The van der Waals surface area contributed by atoms with Crippen molar-refractivity contribution in [1.82, 2.24) is 10.2 Å². The fourth-order valence-corrected chi connectivity index (χ4v) is 5.22. The van der Waals surface area contributed by atoms with Crippen molar-refractivity contribution in [3.63, 3.8) is 0 Å². The van der Waals surface area contributed by atoms with E-state index in [-0.39, 0.29) is 16.8 Å². The van der Waals surface area contributed by atoms with Gasteiger partial charge in [-0.15, -0.1) is 0 Å². The molecule has 2 aromatic carbocycles. The van der Waals surface area contributed by atoms with Gasteiger partial charge in [-0.3, -0.25) is 4.79 Å². The zero-order valence-electron chi connectivity index (χ0n) is 15.4. The minimum Gasteiger partial charge on any atom is -0.348 e. The number of sulfonamides is 1. The Morgan fingerprint density at radius 2 is 1.57 bits per heavy atom. The molecule has 6 nitrogen and oxygen atoms in total. The Bertz CT molecular complexity index is 951. The van der Waals surface area contributed by atoms with Crippen LogP contribution in [0.5, 0.6) is 0 Å². The van der Waals surface area contributed by atoms with Gasteiger partial charge in [0.15, 0.2) is 0 Å². The van der Waals surface area contributed by atoms with Crippen molar-refractivity contribution in [2.45, 2.75) is 33.6 Å². The smallest absolute Gasteiger partial charge is 0.251 e. The molecule has 28 heavy (non-hydrogen) atoms. The summed E-state index contributed by atoms with van der Waals surface area (Å²) in [5.41, 5.74) is 0.658. The van der Waals surface area contributed by atoms with E-state index in [1.54, 1.807) is 12.1 Å². The van der Waals surface area contributed by atoms with Gasteiger partial charge < -0.3 is 10.2 Å². The number of primary sulfonamides is 1. The molecule has 5 rings (SSSR count). The standard InChI is InChI=1S/C20H23N3O3S2/c21-28(25,26)18-7-5-17(6-8-18)27-16-3-1-15(2-4-16)20(24)22-19-13-23-11-9-14(19)10-12-23/h1-8,14,19H,9-13H2,(H,22,24)(H2,21,25,26). The molecular weight excluding hydrogens is 394 g/mol. The van der Waals surface area contributed by atoms with Crippen LogP contribution in [0.1, 0.15) is 23.2 Å². The van der Waals surface area contributed by atoms with Gasteiger partial charge in [-0.1, -0.05) is 11.8 Å². The first kappa shape index (κ1) is 19.4. The minimum absolute atomic E-state index is 0.0206. The van der Waals surface area contributed by atoms with Gasteiger partial charge in [-0.25, -0.2) is 13.6 Å². The highest BCUT2D eigenvalue weighted by atomic mass is 32.2.